The molecule has 2 aliphatic rings. The Bertz CT molecular complexity index is 981. The Balaban J connectivity index is 1.70. The predicted molar refractivity (Wildman–Crippen MR) is 151 cm³/mol. The highest BCUT2D eigenvalue weighted by Gasteiger charge is 2.28. The zero-order valence-corrected chi connectivity index (χ0v) is 22.7. The number of benzene rings is 1. The van der Waals surface area contributed by atoms with Crippen molar-refractivity contribution in [2.24, 2.45) is 5.92 Å². The fraction of sp³-hybridized carbons (Fsp3) is 0.594. The van der Waals surface area contributed by atoms with Crippen molar-refractivity contribution in [3.63, 3.8) is 0 Å². The first-order valence-corrected chi connectivity index (χ1v) is 14.6. The second-order valence-corrected chi connectivity index (χ2v) is 10.9. The smallest absolute Gasteiger partial charge is 0.139 e. The summed E-state index contributed by atoms with van der Waals surface area (Å²) in [5, 5.41) is 9.86. The van der Waals surface area contributed by atoms with E-state index in [9.17, 15) is 5.11 Å². The molecule has 1 aromatic carbocycles. The number of hydrogen-bond acceptors (Lipinski definition) is 3. The summed E-state index contributed by atoms with van der Waals surface area (Å²) in [6.45, 7) is 7.68. The van der Waals surface area contributed by atoms with Gasteiger partial charge in [0.05, 0.1) is 17.9 Å². The molecule has 2 aromatic rings. The van der Waals surface area contributed by atoms with Crippen LogP contribution in [0.5, 0.6) is 5.75 Å². The van der Waals surface area contributed by atoms with Gasteiger partial charge in [0, 0.05) is 25.2 Å². The van der Waals surface area contributed by atoms with Crippen LogP contribution in [0, 0.1) is 5.92 Å². The number of phenols is 1. The minimum absolute atomic E-state index is 0.344. The van der Waals surface area contributed by atoms with E-state index in [0.29, 0.717) is 11.8 Å². The molecule has 4 nitrogen and oxygen atoms in total. The van der Waals surface area contributed by atoms with Gasteiger partial charge in [0.25, 0.3) is 0 Å². The molecule has 2 aliphatic carbocycles. The molecule has 0 bridgehead atoms. The van der Waals surface area contributed by atoms with E-state index in [1.165, 1.54) is 74.6 Å². The van der Waals surface area contributed by atoms with Crippen LogP contribution in [-0.2, 0) is 13.1 Å². The maximum absolute atomic E-state index is 9.86. The third kappa shape index (κ3) is 7.12. The number of rotatable bonds is 13. The van der Waals surface area contributed by atoms with Gasteiger partial charge >= 0.3 is 0 Å². The average Bonchev–Trinajstić information content (AvgIpc) is 3.33. The molecule has 0 aliphatic heterocycles. The highest BCUT2D eigenvalue weighted by Crippen LogP contribution is 2.35. The van der Waals surface area contributed by atoms with E-state index in [-0.39, 0.29) is 0 Å². The van der Waals surface area contributed by atoms with E-state index in [2.05, 4.69) is 59.9 Å². The van der Waals surface area contributed by atoms with E-state index >= 15 is 0 Å². The number of aromatic hydroxyl groups is 1. The largest absolute Gasteiger partial charge is 0.508 e. The molecule has 1 atom stereocenters. The predicted octanol–water partition coefficient (Wildman–Crippen LogP) is 8.44. The normalized spacial score (nSPS) is 17.5. The van der Waals surface area contributed by atoms with Gasteiger partial charge in [0.15, 0.2) is 0 Å². The molecule has 0 amide bonds. The molecule has 1 N–H and O–H groups in total. The Morgan fingerprint density at radius 3 is 2.50 bits per heavy atom. The molecular formula is C32H47N3O. The molecule has 36 heavy (non-hydrogen) atoms. The molecule has 1 heterocycles. The van der Waals surface area contributed by atoms with Gasteiger partial charge in [-0.25, -0.2) is 4.98 Å². The highest BCUT2D eigenvalue weighted by atomic mass is 16.3. The molecule has 4 rings (SSSR count). The Labute approximate surface area is 219 Å². The van der Waals surface area contributed by atoms with Crippen molar-refractivity contribution in [1.82, 2.24) is 14.5 Å². The van der Waals surface area contributed by atoms with Crippen molar-refractivity contribution in [3.05, 3.63) is 65.8 Å². The minimum Gasteiger partial charge on any atom is -0.508 e. The Morgan fingerprint density at radius 1 is 1.03 bits per heavy atom. The van der Waals surface area contributed by atoms with Crippen LogP contribution >= 0.6 is 0 Å². The zero-order chi connectivity index (χ0) is 25.2. The standard InChI is InChI=1S/C32H47N3O/c1-3-5-17-30(31-23-33-32(35(31)22-6-4-2)28-15-11-8-12-16-28)34(24-26-13-9-7-10-14-26)25-27-18-20-29(36)21-19-27/h11,15-16,18-21,23,26,30,36H,3-10,12-14,17,22,24-25H2,1-2H3. The van der Waals surface area contributed by atoms with Crippen LogP contribution in [0.3, 0.4) is 0 Å². The SMILES string of the molecule is CCCCC(c1cnc(C2=CCCC=C2)n1CCCC)N(Cc1ccc(O)cc1)CC1CCCCC1. The highest BCUT2D eigenvalue weighted by molar-refractivity contribution is 5.71. The summed E-state index contributed by atoms with van der Waals surface area (Å²) in [6, 6.07) is 8.21. The number of unbranched alkanes of at least 4 members (excludes halogenated alkanes) is 2. The molecule has 0 saturated heterocycles. The summed E-state index contributed by atoms with van der Waals surface area (Å²) in [5.41, 5.74) is 3.96. The average molecular weight is 490 g/mol. The van der Waals surface area contributed by atoms with Crippen LogP contribution in [0.25, 0.3) is 5.57 Å². The van der Waals surface area contributed by atoms with Crippen molar-refractivity contribution in [2.75, 3.05) is 6.54 Å². The summed E-state index contributed by atoms with van der Waals surface area (Å²) < 4.78 is 2.55. The summed E-state index contributed by atoms with van der Waals surface area (Å²) in [7, 11) is 0. The van der Waals surface area contributed by atoms with E-state index in [0.717, 1.165) is 50.6 Å². The topological polar surface area (TPSA) is 41.3 Å². The first-order chi connectivity index (χ1) is 17.7. The van der Waals surface area contributed by atoms with E-state index in [1.807, 2.05) is 12.1 Å². The lowest BCUT2D eigenvalue weighted by molar-refractivity contribution is 0.127. The molecule has 4 heteroatoms. The summed E-state index contributed by atoms with van der Waals surface area (Å²) in [4.78, 5) is 7.81. The fourth-order valence-electron chi connectivity index (χ4n) is 5.97. The first-order valence-electron chi connectivity index (χ1n) is 14.6. The molecule has 1 aromatic heterocycles. The molecule has 1 fully saturated rings. The maximum atomic E-state index is 9.86. The fourth-order valence-corrected chi connectivity index (χ4v) is 5.97. The second-order valence-electron chi connectivity index (χ2n) is 10.9. The lowest BCUT2D eigenvalue weighted by Gasteiger charge is -2.36. The number of hydrogen-bond donors (Lipinski definition) is 1. The van der Waals surface area contributed by atoms with Crippen LogP contribution in [0.2, 0.25) is 0 Å². The minimum atomic E-state index is 0.344. The van der Waals surface area contributed by atoms with E-state index in [4.69, 9.17) is 4.98 Å². The van der Waals surface area contributed by atoms with Crippen LogP contribution in [0.15, 0.2) is 48.7 Å². The van der Waals surface area contributed by atoms with E-state index in [1.54, 1.807) is 0 Å². The van der Waals surface area contributed by atoms with Gasteiger partial charge in [0.2, 0.25) is 0 Å². The molecule has 1 unspecified atom stereocenters. The number of nitrogens with zero attached hydrogens (tertiary/aromatic N) is 3. The van der Waals surface area contributed by atoms with Crippen molar-refractivity contribution in [2.45, 2.75) is 110 Å². The Morgan fingerprint density at radius 2 is 1.81 bits per heavy atom. The summed E-state index contributed by atoms with van der Waals surface area (Å²) >= 11 is 0. The van der Waals surface area contributed by atoms with Crippen molar-refractivity contribution in [1.29, 1.82) is 0 Å². The van der Waals surface area contributed by atoms with Gasteiger partial charge in [-0.15, -0.1) is 0 Å². The second kappa shape index (κ2) is 13.8. The van der Waals surface area contributed by atoms with Crippen LogP contribution in [0.1, 0.15) is 114 Å². The molecule has 1 saturated carbocycles. The van der Waals surface area contributed by atoms with Crippen molar-refractivity contribution < 1.29 is 5.11 Å². The summed E-state index contributed by atoms with van der Waals surface area (Å²) in [6.07, 6.45) is 24.2. The lowest BCUT2D eigenvalue weighted by atomic mass is 9.88. The van der Waals surface area contributed by atoms with Crippen molar-refractivity contribution >= 4 is 5.57 Å². The van der Waals surface area contributed by atoms with Crippen LogP contribution in [-0.4, -0.2) is 26.1 Å². The third-order valence-corrected chi connectivity index (χ3v) is 8.03. The number of allylic oxidation sites excluding steroid dienone is 4. The van der Waals surface area contributed by atoms with Gasteiger partial charge in [-0.1, -0.05) is 82.7 Å². The zero-order valence-electron chi connectivity index (χ0n) is 22.7. The van der Waals surface area contributed by atoms with Gasteiger partial charge in [0.1, 0.15) is 11.6 Å². The quantitative estimate of drug-likeness (QED) is 0.307. The summed E-state index contributed by atoms with van der Waals surface area (Å²) in [5.74, 6) is 2.27. The third-order valence-electron chi connectivity index (χ3n) is 8.03. The van der Waals surface area contributed by atoms with Crippen LogP contribution < -0.4 is 0 Å². The number of phenolic OH excluding ortho intramolecular Hbond substituents is 1. The molecule has 0 spiro atoms. The number of aromatic nitrogens is 2. The van der Waals surface area contributed by atoms with Gasteiger partial charge < -0.3 is 9.67 Å². The van der Waals surface area contributed by atoms with Gasteiger partial charge in [-0.3, -0.25) is 4.90 Å². The Hall–Kier alpha value is -2.33. The number of imidazole rings is 1. The van der Waals surface area contributed by atoms with Crippen molar-refractivity contribution in [3.8, 4) is 5.75 Å². The molecule has 196 valence electrons. The first kappa shape index (κ1) is 26.7. The Kier molecular flexibility index (Phi) is 10.3. The van der Waals surface area contributed by atoms with Gasteiger partial charge in [-0.2, -0.15) is 0 Å². The van der Waals surface area contributed by atoms with E-state index < -0.39 is 0 Å². The monoisotopic (exact) mass is 489 g/mol. The maximum Gasteiger partial charge on any atom is 0.139 e. The van der Waals surface area contributed by atoms with Crippen LogP contribution in [0.4, 0.5) is 0 Å². The molecule has 0 radical (unpaired) electrons. The lowest BCUT2D eigenvalue weighted by Crippen LogP contribution is -2.35. The van der Waals surface area contributed by atoms with Gasteiger partial charge in [-0.05, 0) is 62.1 Å². The molecular weight excluding hydrogens is 442 g/mol.